The molecular formula is C16H17N3. The molecule has 2 heterocycles. The number of pyridine rings is 1. The van der Waals surface area contributed by atoms with E-state index in [0.717, 1.165) is 35.5 Å². The molecule has 96 valence electrons. The summed E-state index contributed by atoms with van der Waals surface area (Å²) in [6.45, 7) is 4.12. The van der Waals surface area contributed by atoms with Gasteiger partial charge in [-0.15, -0.1) is 0 Å². The summed E-state index contributed by atoms with van der Waals surface area (Å²) in [4.78, 5) is 12.4. The van der Waals surface area contributed by atoms with E-state index < -0.39 is 0 Å². The van der Waals surface area contributed by atoms with Crippen molar-refractivity contribution in [1.29, 1.82) is 0 Å². The molecule has 3 heteroatoms. The van der Waals surface area contributed by atoms with Gasteiger partial charge in [-0.25, -0.2) is 9.97 Å². The maximum atomic E-state index is 4.53. The molecule has 0 bridgehead atoms. The van der Waals surface area contributed by atoms with Crippen molar-refractivity contribution in [3.05, 3.63) is 59.0 Å². The third-order valence-electron chi connectivity index (χ3n) is 3.29. The molecule has 19 heavy (non-hydrogen) atoms. The van der Waals surface area contributed by atoms with Gasteiger partial charge in [0.05, 0.1) is 5.52 Å². The minimum absolute atomic E-state index is 0.836. The largest absolute Gasteiger partial charge is 0.340 e. The lowest BCUT2D eigenvalue weighted by atomic mass is 10.0. The van der Waals surface area contributed by atoms with Gasteiger partial charge in [0.2, 0.25) is 0 Å². The molecule has 3 aromatic rings. The summed E-state index contributed by atoms with van der Waals surface area (Å²) < 4.78 is 0. The van der Waals surface area contributed by atoms with Gasteiger partial charge in [0.1, 0.15) is 5.82 Å². The van der Waals surface area contributed by atoms with Crippen molar-refractivity contribution in [2.75, 3.05) is 0 Å². The lowest BCUT2D eigenvalue weighted by Crippen LogP contribution is -1.93. The Morgan fingerprint density at radius 3 is 2.63 bits per heavy atom. The van der Waals surface area contributed by atoms with E-state index in [9.17, 15) is 0 Å². The molecule has 0 atom stereocenters. The summed E-state index contributed by atoms with van der Waals surface area (Å²) in [6.07, 6.45) is 1.81. The van der Waals surface area contributed by atoms with Gasteiger partial charge in [-0.3, -0.25) is 0 Å². The number of imidazole rings is 1. The van der Waals surface area contributed by atoms with E-state index >= 15 is 0 Å². The first kappa shape index (κ1) is 11.9. The third kappa shape index (κ3) is 2.36. The third-order valence-corrected chi connectivity index (χ3v) is 3.29. The van der Waals surface area contributed by atoms with Crippen LogP contribution < -0.4 is 0 Å². The maximum Gasteiger partial charge on any atom is 0.178 e. The van der Waals surface area contributed by atoms with Crippen LogP contribution in [0.2, 0.25) is 0 Å². The average molecular weight is 251 g/mol. The highest BCUT2D eigenvalue weighted by Crippen LogP contribution is 2.19. The smallest absolute Gasteiger partial charge is 0.178 e. The number of hydrogen-bond acceptors (Lipinski definition) is 2. The van der Waals surface area contributed by atoms with Crippen molar-refractivity contribution in [1.82, 2.24) is 15.0 Å². The Hall–Kier alpha value is -2.16. The quantitative estimate of drug-likeness (QED) is 0.775. The second kappa shape index (κ2) is 4.84. The van der Waals surface area contributed by atoms with Crippen molar-refractivity contribution in [3.8, 4) is 0 Å². The fourth-order valence-corrected chi connectivity index (χ4v) is 2.36. The van der Waals surface area contributed by atoms with E-state index in [1.54, 1.807) is 0 Å². The lowest BCUT2D eigenvalue weighted by molar-refractivity contribution is 0.996. The van der Waals surface area contributed by atoms with Crippen molar-refractivity contribution in [2.24, 2.45) is 0 Å². The Morgan fingerprint density at radius 2 is 1.89 bits per heavy atom. The Morgan fingerprint density at radius 1 is 1.11 bits per heavy atom. The second-order valence-corrected chi connectivity index (χ2v) is 4.82. The minimum Gasteiger partial charge on any atom is -0.340 e. The maximum absolute atomic E-state index is 4.53. The van der Waals surface area contributed by atoms with Crippen LogP contribution in [-0.2, 0) is 12.8 Å². The van der Waals surface area contributed by atoms with Crippen molar-refractivity contribution in [3.63, 3.8) is 0 Å². The molecule has 2 aromatic heterocycles. The first-order chi connectivity index (χ1) is 9.26. The number of hydrogen-bond donors (Lipinski definition) is 1. The van der Waals surface area contributed by atoms with Crippen molar-refractivity contribution < 1.29 is 0 Å². The number of aromatic nitrogens is 3. The van der Waals surface area contributed by atoms with E-state index in [1.807, 2.05) is 13.0 Å². The zero-order valence-corrected chi connectivity index (χ0v) is 11.3. The van der Waals surface area contributed by atoms with Gasteiger partial charge in [0, 0.05) is 12.1 Å². The van der Waals surface area contributed by atoms with E-state index in [4.69, 9.17) is 0 Å². The van der Waals surface area contributed by atoms with Crippen LogP contribution >= 0.6 is 0 Å². The Kier molecular flexibility index (Phi) is 3.03. The van der Waals surface area contributed by atoms with Gasteiger partial charge in [0.25, 0.3) is 0 Å². The summed E-state index contributed by atoms with van der Waals surface area (Å²) in [5, 5.41) is 0. The number of rotatable bonds is 3. The number of fused-ring (bicyclic) bond motifs is 1. The van der Waals surface area contributed by atoms with Crippen LogP contribution in [0, 0.1) is 6.92 Å². The van der Waals surface area contributed by atoms with E-state index in [1.165, 1.54) is 11.1 Å². The van der Waals surface area contributed by atoms with E-state index in [-0.39, 0.29) is 0 Å². The van der Waals surface area contributed by atoms with Gasteiger partial charge in [0.15, 0.2) is 5.65 Å². The number of nitrogens with one attached hydrogen (secondary N) is 1. The summed E-state index contributed by atoms with van der Waals surface area (Å²) in [6, 6.07) is 12.6. The zero-order chi connectivity index (χ0) is 13.2. The number of H-pyrrole nitrogens is 1. The summed E-state index contributed by atoms with van der Waals surface area (Å²) >= 11 is 0. The van der Waals surface area contributed by atoms with Crippen LogP contribution in [0.5, 0.6) is 0 Å². The standard InChI is InChI=1S/C16H17N3/c1-3-14-18-15-13(9-11(2)17-16(15)19-14)10-12-7-5-4-6-8-12/h4-9H,3,10H2,1-2H3,(H,17,18,19). The Labute approximate surface area is 112 Å². The molecule has 1 aromatic carbocycles. The number of benzene rings is 1. The fraction of sp³-hybridized carbons (Fsp3) is 0.250. The summed E-state index contributed by atoms with van der Waals surface area (Å²) in [5.74, 6) is 1.00. The van der Waals surface area contributed by atoms with E-state index in [2.05, 4.69) is 52.2 Å². The molecule has 3 rings (SSSR count). The molecule has 1 N–H and O–H groups in total. The van der Waals surface area contributed by atoms with Gasteiger partial charge < -0.3 is 4.98 Å². The first-order valence-electron chi connectivity index (χ1n) is 6.65. The Bertz CT molecular complexity index is 699. The van der Waals surface area contributed by atoms with Crippen molar-refractivity contribution >= 4 is 11.2 Å². The van der Waals surface area contributed by atoms with Crippen LogP contribution in [0.4, 0.5) is 0 Å². The number of nitrogens with zero attached hydrogens (tertiary/aromatic N) is 2. The summed E-state index contributed by atoms with van der Waals surface area (Å²) in [7, 11) is 0. The van der Waals surface area contributed by atoms with Crippen LogP contribution in [-0.4, -0.2) is 15.0 Å². The first-order valence-corrected chi connectivity index (χ1v) is 6.65. The monoisotopic (exact) mass is 251 g/mol. The van der Waals surface area contributed by atoms with Crippen LogP contribution in [0.25, 0.3) is 11.2 Å². The van der Waals surface area contributed by atoms with Gasteiger partial charge in [-0.1, -0.05) is 37.3 Å². The molecule has 0 saturated heterocycles. The molecule has 0 aliphatic heterocycles. The molecule has 0 radical (unpaired) electrons. The van der Waals surface area contributed by atoms with Gasteiger partial charge in [-0.2, -0.15) is 0 Å². The summed E-state index contributed by atoms with van der Waals surface area (Å²) in [5.41, 5.74) is 5.50. The van der Waals surface area contributed by atoms with Gasteiger partial charge >= 0.3 is 0 Å². The van der Waals surface area contributed by atoms with Gasteiger partial charge in [-0.05, 0) is 30.5 Å². The van der Waals surface area contributed by atoms with E-state index in [0.29, 0.717) is 0 Å². The molecule has 0 amide bonds. The molecule has 0 fully saturated rings. The predicted molar refractivity (Wildman–Crippen MR) is 77.3 cm³/mol. The molecule has 0 aliphatic rings. The lowest BCUT2D eigenvalue weighted by Gasteiger charge is -2.04. The minimum atomic E-state index is 0.836. The highest BCUT2D eigenvalue weighted by atomic mass is 15.0. The molecular weight excluding hydrogens is 234 g/mol. The number of aromatic amines is 1. The van der Waals surface area contributed by atoms with Crippen LogP contribution in [0.1, 0.15) is 29.6 Å². The van der Waals surface area contributed by atoms with Crippen molar-refractivity contribution in [2.45, 2.75) is 26.7 Å². The molecule has 0 unspecified atom stereocenters. The molecule has 0 aliphatic carbocycles. The zero-order valence-electron chi connectivity index (χ0n) is 11.3. The van der Waals surface area contributed by atoms with Crippen LogP contribution in [0.15, 0.2) is 36.4 Å². The number of aryl methyl sites for hydroxylation is 2. The molecule has 0 spiro atoms. The fourth-order valence-electron chi connectivity index (χ4n) is 2.36. The topological polar surface area (TPSA) is 41.6 Å². The highest BCUT2D eigenvalue weighted by Gasteiger charge is 2.09. The average Bonchev–Trinajstić information content (AvgIpc) is 2.83. The Balaban J connectivity index is 2.09. The SMILES string of the molecule is CCc1nc2nc(C)cc(Cc3ccccc3)c2[nH]1. The van der Waals surface area contributed by atoms with Crippen LogP contribution in [0.3, 0.4) is 0 Å². The molecule has 0 saturated carbocycles. The normalized spacial score (nSPS) is 11.1. The highest BCUT2D eigenvalue weighted by molar-refractivity contribution is 5.75. The molecule has 3 nitrogen and oxygen atoms in total. The predicted octanol–water partition coefficient (Wildman–Crippen LogP) is 3.42. The second-order valence-electron chi connectivity index (χ2n) is 4.82.